The van der Waals surface area contributed by atoms with Crippen molar-refractivity contribution in [3.05, 3.63) is 12.7 Å². The average molecular weight is 239 g/mol. The molecular weight excluding hydrogens is 214 g/mol. The van der Waals surface area contributed by atoms with E-state index in [0.29, 0.717) is 24.2 Å². The lowest BCUT2D eigenvalue weighted by atomic mass is 10.0. The molecule has 1 fully saturated rings. The quantitative estimate of drug-likeness (QED) is 0.796. The van der Waals surface area contributed by atoms with Gasteiger partial charge >= 0.3 is 0 Å². The van der Waals surface area contributed by atoms with E-state index in [-0.39, 0.29) is 0 Å². The fourth-order valence-corrected chi connectivity index (χ4v) is 1.81. The highest BCUT2D eigenvalue weighted by Crippen LogP contribution is 2.24. The van der Waals surface area contributed by atoms with E-state index in [2.05, 4.69) is 44.7 Å². The standard InChI is InChI=1S/C8H16O.C5H9N3/c1-6(2)8-5-4-7(3)9-8;1-5(2)8-4-6-3-7-8/h6-8H,4-5H2,1-3H3;3-5H,1-2H3. The normalized spacial score (nSPS) is 23.9. The van der Waals surface area contributed by atoms with Gasteiger partial charge in [0.1, 0.15) is 12.7 Å². The first kappa shape index (κ1) is 14.2. The van der Waals surface area contributed by atoms with Crippen molar-refractivity contribution < 1.29 is 4.74 Å². The summed E-state index contributed by atoms with van der Waals surface area (Å²) < 4.78 is 7.43. The minimum Gasteiger partial charge on any atom is -0.375 e. The van der Waals surface area contributed by atoms with E-state index >= 15 is 0 Å². The number of hydrogen-bond acceptors (Lipinski definition) is 3. The van der Waals surface area contributed by atoms with Crippen LogP contribution < -0.4 is 0 Å². The van der Waals surface area contributed by atoms with E-state index in [1.54, 1.807) is 17.3 Å². The first-order chi connectivity index (χ1) is 8.00. The van der Waals surface area contributed by atoms with Gasteiger partial charge in [-0.05, 0) is 39.5 Å². The highest BCUT2D eigenvalue weighted by Gasteiger charge is 2.23. The molecule has 2 rings (SSSR count). The predicted octanol–water partition coefficient (Wildman–Crippen LogP) is 3.07. The molecule has 2 atom stereocenters. The van der Waals surface area contributed by atoms with Gasteiger partial charge in [-0.2, -0.15) is 5.10 Å². The first-order valence-electron chi connectivity index (χ1n) is 6.50. The Morgan fingerprint density at radius 3 is 2.18 bits per heavy atom. The fourth-order valence-electron chi connectivity index (χ4n) is 1.81. The molecule has 1 aliphatic rings. The second-order valence-electron chi connectivity index (χ2n) is 5.28. The van der Waals surface area contributed by atoms with Crippen molar-refractivity contribution in [3.63, 3.8) is 0 Å². The van der Waals surface area contributed by atoms with Gasteiger partial charge in [-0.3, -0.25) is 4.68 Å². The molecule has 1 aromatic rings. The molecule has 1 aromatic heterocycles. The van der Waals surface area contributed by atoms with Gasteiger partial charge in [-0.1, -0.05) is 13.8 Å². The van der Waals surface area contributed by atoms with Crippen molar-refractivity contribution in [2.24, 2.45) is 5.92 Å². The summed E-state index contributed by atoms with van der Waals surface area (Å²) in [5.41, 5.74) is 0. The van der Waals surface area contributed by atoms with Crippen LogP contribution in [0.5, 0.6) is 0 Å². The van der Waals surface area contributed by atoms with Crippen molar-refractivity contribution >= 4 is 0 Å². The zero-order chi connectivity index (χ0) is 12.8. The summed E-state index contributed by atoms with van der Waals surface area (Å²) in [5.74, 6) is 0.704. The van der Waals surface area contributed by atoms with Crippen LogP contribution in [-0.2, 0) is 4.74 Å². The Balaban J connectivity index is 0.000000171. The zero-order valence-electron chi connectivity index (χ0n) is 11.6. The molecule has 0 saturated carbocycles. The van der Waals surface area contributed by atoms with Gasteiger partial charge in [0, 0.05) is 6.04 Å². The van der Waals surface area contributed by atoms with Crippen molar-refractivity contribution in [1.29, 1.82) is 0 Å². The van der Waals surface area contributed by atoms with Crippen molar-refractivity contribution in [3.8, 4) is 0 Å². The lowest BCUT2D eigenvalue weighted by molar-refractivity contribution is 0.0288. The maximum atomic E-state index is 5.62. The molecule has 98 valence electrons. The van der Waals surface area contributed by atoms with E-state index < -0.39 is 0 Å². The van der Waals surface area contributed by atoms with Gasteiger partial charge in [-0.25, -0.2) is 4.98 Å². The van der Waals surface area contributed by atoms with Crippen LogP contribution in [0.2, 0.25) is 0 Å². The number of nitrogens with zero attached hydrogens (tertiary/aromatic N) is 3. The van der Waals surface area contributed by atoms with Gasteiger partial charge in [0.2, 0.25) is 0 Å². The summed E-state index contributed by atoms with van der Waals surface area (Å²) >= 11 is 0. The molecule has 17 heavy (non-hydrogen) atoms. The third kappa shape index (κ3) is 4.86. The van der Waals surface area contributed by atoms with Crippen LogP contribution in [0.15, 0.2) is 12.7 Å². The Labute approximate surface area is 104 Å². The molecule has 0 aliphatic carbocycles. The van der Waals surface area contributed by atoms with Crippen LogP contribution in [0.3, 0.4) is 0 Å². The Bertz CT molecular complexity index is 296. The third-order valence-electron chi connectivity index (χ3n) is 2.97. The number of aromatic nitrogens is 3. The van der Waals surface area contributed by atoms with E-state index in [9.17, 15) is 0 Å². The van der Waals surface area contributed by atoms with Crippen LogP contribution in [-0.4, -0.2) is 27.0 Å². The molecule has 2 heterocycles. The average Bonchev–Trinajstić information content (AvgIpc) is 2.87. The second kappa shape index (κ2) is 6.74. The van der Waals surface area contributed by atoms with Gasteiger partial charge in [0.05, 0.1) is 12.2 Å². The molecular formula is C13H25N3O. The summed E-state index contributed by atoms with van der Waals surface area (Å²) in [7, 11) is 0. The van der Waals surface area contributed by atoms with E-state index in [1.165, 1.54) is 12.8 Å². The summed E-state index contributed by atoms with van der Waals surface area (Å²) in [6.45, 7) is 10.7. The molecule has 1 saturated heterocycles. The van der Waals surface area contributed by atoms with Crippen molar-refractivity contribution in [2.45, 2.75) is 65.7 Å². The molecule has 0 amide bonds. The van der Waals surface area contributed by atoms with Gasteiger partial charge in [0.15, 0.2) is 0 Å². The Morgan fingerprint density at radius 2 is 1.94 bits per heavy atom. The first-order valence-corrected chi connectivity index (χ1v) is 6.50. The molecule has 0 radical (unpaired) electrons. The third-order valence-corrected chi connectivity index (χ3v) is 2.97. The Hall–Kier alpha value is -0.900. The predicted molar refractivity (Wildman–Crippen MR) is 68.8 cm³/mol. The van der Waals surface area contributed by atoms with Crippen LogP contribution in [0.4, 0.5) is 0 Å². The Kier molecular flexibility index (Phi) is 5.62. The van der Waals surface area contributed by atoms with Crippen LogP contribution >= 0.6 is 0 Å². The van der Waals surface area contributed by atoms with E-state index in [4.69, 9.17) is 4.74 Å². The molecule has 2 unspecified atom stereocenters. The molecule has 4 heteroatoms. The van der Waals surface area contributed by atoms with Crippen LogP contribution in [0.25, 0.3) is 0 Å². The topological polar surface area (TPSA) is 39.9 Å². The summed E-state index contributed by atoms with van der Waals surface area (Å²) in [6.07, 6.45) is 6.82. The SMILES string of the molecule is CC(C)n1cncn1.CC1CCC(C(C)C)O1. The fraction of sp³-hybridized carbons (Fsp3) is 0.846. The highest BCUT2D eigenvalue weighted by molar-refractivity contribution is 4.72. The largest absolute Gasteiger partial charge is 0.375 e. The molecule has 0 aromatic carbocycles. The lowest BCUT2D eigenvalue weighted by Gasteiger charge is -2.13. The minimum absolute atomic E-state index is 0.428. The number of rotatable bonds is 2. The van der Waals surface area contributed by atoms with Gasteiger partial charge in [0.25, 0.3) is 0 Å². The monoisotopic (exact) mass is 239 g/mol. The summed E-state index contributed by atoms with van der Waals surface area (Å²) in [5, 5.41) is 3.92. The van der Waals surface area contributed by atoms with Crippen molar-refractivity contribution in [1.82, 2.24) is 14.8 Å². The maximum absolute atomic E-state index is 5.62. The molecule has 4 nitrogen and oxygen atoms in total. The summed E-state index contributed by atoms with van der Waals surface area (Å²) in [6, 6.07) is 0.428. The van der Waals surface area contributed by atoms with Gasteiger partial charge < -0.3 is 4.74 Å². The molecule has 0 N–H and O–H groups in total. The van der Waals surface area contributed by atoms with Crippen LogP contribution in [0, 0.1) is 5.92 Å². The second-order valence-corrected chi connectivity index (χ2v) is 5.28. The molecule has 1 aliphatic heterocycles. The number of ether oxygens (including phenoxy) is 1. The Morgan fingerprint density at radius 1 is 1.24 bits per heavy atom. The lowest BCUT2D eigenvalue weighted by Crippen LogP contribution is -2.14. The van der Waals surface area contributed by atoms with E-state index in [1.807, 2.05) is 0 Å². The molecule has 0 spiro atoms. The molecule has 0 bridgehead atoms. The highest BCUT2D eigenvalue weighted by atomic mass is 16.5. The van der Waals surface area contributed by atoms with E-state index in [0.717, 1.165) is 0 Å². The number of hydrogen-bond donors (Lipinski definition) is 0. The maximum Gasteiger partial charge on any atom is 0.137 e. The minimum atomic E-state index is 0.428. The smallest absolute Gasteiger partial charge is 0.137 e. The zero-order valence-corrected chi connectivity index (χ0v) is 11.6. The van der Waals surface area contributed by atoms with Gasteiger partial charge in [-0.15, -0.1) is 0 Å². The van der Waals surface area contributed by atoms with Crippen LogP contribution in [0.1, 0.15) is 53.5 Å². The summed E-state index contributed by atoms with van der Waals surface area (Å²) in [4.78, 5) is 3.80. The van der Waals surface area contributed by atoms with Crippen molar-refractivity contribution in [2.75, 3.05) is 0 Å².